The molecular formula is C21H27NO3. The summed E-state index contributed by atoms with van der Waals surface area (Å²) in [5, 5.41) is 0. The minimum Gasteiger partial charge on any atom is -0.493 e. The van der Waals surface area contributed by atoms with Gasteiger partial charge in [0.15, 0.2) is 17.3 Å². The Morgan fingerprint density at radius 2 is 1.68 bits per heavy atom. The summed E-state index contributed by atoms with van der Waals surface area (Å²) in [5.41, 5.74) is 2.80. The van der Waals surface area contributed by atoms with Gasteiger partial charge in [-0.25, -0.2) is 0 Å². The van der Waals surface area contributed by atoms with E-state index in [-0.39, 0.29) is 5.78 Å². The summed E-state index contributed by atoms with van der Waals surface area (Å²) in [6, 6.07) is 13.9. The third-order valence-corrected chi connectivity index (χ3v) is 4.19. The van der Waals surface area contributed by atoms with Gasteiger partial charge >= 0.3 is 0 Å². The van der Waals surface area contributed by atoms with Crippen LogP contribution in [0.5, 0.6) is 11.5 Å². The standard InChI is InChI=1S/C21H27NO3/c1-5-11-22(14-17-9-7-6-8-10-17)15-19(23)18-13-21(25-4)20(24-3)12-16(18)2/h6-10,12-13H,5,11,14-15H2,1-4H3. The number of carbonyl (C=O) groups excluding carboxylic acids is 1. The lowest BCUT2D eigenvalue weighted by molar-refractivity contribution is 0.0924. The molecule has 2 aromatic rings. The minimum atomic E-state index is 0.0998. The van der Waals surface area contributed by atoms with Crippen LogP contribution in [0, 0.1) is 6.92 Å². The van der Waals surface area contributed by atoms with Crippen LogP contribution in [-0.2, 0) is 6.54 Å². The number of hydrogen-bond acceptors (Lipinski definition) is 4. The Balaban J connectivity index is 2.17. The van der Waals surface area contributed by atoms with Gasteiger partial charge in [-0.3, -0.25) is 9.69 Å². The molecule has 0 bridgehead atoms. The van der Waals surface area contributed by atoms with E-state index in [2.05, 4.69) is 24.0 Å². The minimum absolute atomic E-state index is 0.0998. The molecule has 4 heteroatoms. The highest BCUT2D eigenvalue weighted by atomic mass is 16.5. The Kier molecular flexibility index (Phi) is 7.02. The summed E-state index contributed by atoms with van der Waals surface area (Å²) in [4.78, 5) is 15.1. The molecule has 0 saturated carbocycles. The lowest BCUT2D eigenvalue weighted by Gasteiger charge is -2.22. The molecule has 0 radical (unpaired) electrons. The van der Waals surface area contributed by atoms with Gasteiger partial charge in [-0.15, -0.1) is 0 Å². The second-order valence-corrected chi connectivity index (χ2v) is 6.14. The predicted octanol–water partition coefficient (Wildman–Crippen LogP) is 4.11. The first-order valence-electron chi connectivity index (χ1n) is 8.61. The molecule has 0 aliphatic heterocycles. The molecular weight excluding hydrogens is 314 g/mol. The van der Waals surface area contributed by atoms with Gasteiger partial charge in [-0.05, 0) is 43.1 Å². The van der Waals surface area contributed by atoms with Crippen molar-refractivity contribution in [3.63, 3.8) is 0 Å². The number of nitrogens with zero attached hydrogens (tertiary/aromatic N) is 1. The number of hydrogen-bond donors (Lipinski definition) is 0. The summed E-state index contributed by atoms with van der Waals surface area (Å²) in [5.74, 6) is 1.33. The molecule has 0 aliphatic carbocycles. The Bertz CT molecular complexity index is 698. The maximum atomic E-state index is 12.9. The highest BCUT2D eigenvalue weighted by Crippen LogP contribution is 2.30. The molecule has 134 valence electrons. The molecule has 0 amide bonds. The van der Waals surface area contributed by atoms with Crippen molar-refractivity contribution in [1.82, 2.24) is 4.90 Å². The smallest absolute Gasteiger partial charge is 0.177 e. The molecule has 25 heavy (non-hydrogen) atoms. The van der Waals surface area contributed by atoms with E-state index in [1.807, 2.05) is 31.2 Å². The zero-order chi connectivity index (χ0) is 18.2. The highest BCUT2D eigenvalue weighted by molar-refractivity contribution is 5.99. The molecule has 0 aliphatic rings. The number of rotatable bonds is 9. The van der Waals surface area contributed by atoms with Crippen LogP contribution in [0.3, 0.4) is 0 Å². The fourth-order valence-corrected chi connectivity index (χ4v) is 2.94. The van der Waals surface area contributed by atoms with E-state index >= 15 is 0 Å². The average Bonchev–Trinajstić information content (AvgIpc) is 2.62. The zero-order valence-electron chi connectivity index (χ0n) is 15.5. The van der Waals surface area contributed by atoms with E-state index in [1.165, 1.54) is 5.56 Å². The summed E-state index contributed by atoms with van der Waals surface area (Å²) in [7, 11) is 3.18. The SMILES string of the molecule is CCCN(CC(=O)c1cc(OC)c(OC)cc1C)Cc1ccccc1. The van der Waals surface area contributed by atoms with Crippen LogP contribution in [0.15, 0.2) is 42.5 Å². The number of methoxy groups -OCH3 is 2. The Morgan fingerprint density at radius 3 is 2.28 bits per heavy atom. The molecule has 2 aromatic carbocycles. The lowest BCUT2D eigenvalue weighted by atomic mass is 10.0. The summed E-state index contributed by atoms with van der Waals surface area (Å²) in [6.45, 7) is 6.10. The first-order valence-corrected chi connectivity index (χ1v) is 8.61. The summed E-state index contributed by atoms with van der Waals surface area (Å²) in [6.07, 6.45) is 1.00. The number of ether oxygens (including phenoxy) is 2. The number of benzene rings is 2. The lowest BCUT2D eigenvalue weighted by Crippen LogP contribution is -2.30. The van der Waals surface area contributed by atoms with Crippen molar-refractivity contribution in [1.29, 1.82) is 0 Å². The van der Waals surface area contributed by atoms with Crippen LogP contribution in [0.2, 0.25) is 0 Å². The van der Waals surface area contributed by atoms with Gasteiger partial charge in [0.25, 0.3) is 0 Å². The topological polar surface area (TPSA) is 38.8 Å². The van der Waals surface area contributed by atoms with E-state index in [4.69, 9.17) is 9.47 Å². The third-order valence-electron chi connectivity index (χ3n) is 4.19. The molecule has 4 nitrogen and oxygen atoms in total. The number of Topliss-reactive ketones (excluding diaryl/α,β-unsaturated/α-hetero) is 1. The number of ketones is 1. The molecule has 0 saturated heterocycles. The summed E-state index contributed by atoms with van der Waals surface area (Å²) >= 11 is 0. The number of aryl methyl sites for hydroxylation is 1. The predicted molar refractivity (Wildman–Crippen MR) is 101 cm³/mol. The number of carbonyl (C=O) groups is 1. The molecule has 0 fully saturated rings. The van der Waals surface area contributed by atoms with Crippen molar-refractivity contribution in [2.24, 2.45) is 0 Å². The molecule has 0 heterocycles. The average molecular weight is 341 g/mol. The fourth-order valence-electron chi connectivity index (χ4n) is 2.94. The van der Waals surface area contributed by atoms with E-state index in [0.717, 1.165) is 25.1 Å². The van der Waals surface area contributed by atoms with E-state index in [9.17, 15) is 4.79 Å². The first kappa shape index (κ1) is 19.0. The second kappa shape index (κ2) is 9.23. The van der Waals surface area contributed by atoms with Crippen molar-refractivity contribution in [3.8, 4) is 11.5 Å². The maximum absolute atomic E-state index is 12.9. The monoisotopic (exact) mass is 341 g/mol. The molecule has 2 rings (SSSR count). The van der Waals surface area contributed by atoms with Gasteiger partial charge in [0.05, 0.1) is 20.8 Å². The largest absolute Gasteiger partial charge is 0.493 e. The van der Waals surface area contributed by atoms with E-state index in [0.29, 0.717) is 23.6 Å². The van der Waals surface area contributed by atoms with E-state index in [1.54, 1.807) is 20.3 Å². The molecule has 0 atom stereocenters. The van der Waals surface area contributed by atoms with Gasteiger partial charge in [-0.2, -0.15) is 0 Å². The van der Waals surface area contributed by atoms with Gasteiger partial charge in [0, 0.05) is 12.1 Å². The third kappa shape index (κ3) is 5.07. The van der Waals surface area contributed by atoms with Gasteiger partial charge in [0.2, 0.25) is 0 Å². The van der Waals surface area contributed by atoms with Crippen LogP contribution in [0.4, 0.5) is 0 Å². The van der Waals surface area contributed by atoms with Crippen LogP contribution >= 0.6 is 0 Å². The van der Waals surface area contributed by atoms with Crippen molar-refractivity contribution < 1.29 is 14.3 Å². The van der Waals surface area contributed by atoms with Gasteiger partial charge < -0.3 is 9.47 Å². The molecule has 0 N–H and O–H groups in total. The zero-order valence-corrected chi connectivity index (χ0v) is 15.5. The highest BCUT2D eigenvalue weighted by Gasteiger charge is 2.17. The van der Waals surface area contributed by atoms with Crippen molar-refractivity contribution in [3.05, 3.63) is 59.2 Å². The summed E-state index contributed by atoms with van der Waals surface area (Å²) < 4.78 is 10.6. The fraction of sp³-hybridized carbons (Fsp3) is 0.381. The Morgan fingerprint density at radius 1 is 1.04 bits per heavy atom. The van der Waals surface area contributed by atoms with Crippen LogP contribution in [-0.4, -0.2) is 38.0 Å². The second-order valence-electron chi connectivity index (χ2n) is 6.14. The van der Waals surface area contributed by atoms with Crippen molar-refractivity contribution >= 4 is 5.78 Å². The molecule has 0 unspecified atom stereocenters. The first-order chi connectivity index (χ1) is 12.1. The van der Waals surface area contributed by atoms with E-state index < -0.39 is 0 Å². The van der Waals surface area contributed by atoms with Crippen molar-refractivity contribution in [2.75, 3.05) is 27.3 Å². The van der Waals surface area contributed by atoms with Crippen LogP contribution in [0.25, 0.3) is 0 Å². The van der Waals surface area contributed by atoms with Crippen molar-refractivity contribution in [2.45, 2.75) is 26.8 Å². The van der Waals surface area contributed by atoms with Gasteiger partial charge in [-0.1, -0.05) is 37.3 Å². The maximum Gasteiger partial charge on any atom is 0.177 e. The van der Waals surface area contributed by atoms with Crippen LogP contribution in [0.1, 0.15) is 34.8 Å². The molecule has 0 aromatic heterocycles. The van der Waals surface area contributed by atoms with Gasteiger partial charge in [0.1, 0.15) is 0 Å². The Hall–Kier alpha value is -2.33. The Labute approximate surface area is 150 Å². The quantitative estimate of drug-likeness (QED) is 0.644. The molecule has 0 spiro atoms. The van der Waals surface area contributed by atoms with Crippen LogP contribution < -0.4 is 9.47 Å². The normalized spacial score (nSPS) is 10.8.